The second-order valence-corrected chi connectivity index (χ2v) is 4.43. The molecular formula is C13H15ClN2O. The normalized spacial score (nSPS) is 12.6. The molecule has 0 spiro atoms. The molecule has 0 saturated carbocycles. The van der Waals surface area contributed by atoms with Crippen LogP contribution in [-0.4, -0.2) is 22.8 Å². The van der Waals surface area contributed by atoms with Gasteiger partial charge >= 0.3 is 0 Å². The second kappa shape index (κ2) is 5.23. The first kappa shape index (κ1) is 12.0. The molecule has 1 aromatic carbocycles. The van der Waals surface area contributed by atoms with E-state index in [9.17, 15) is 4.79 Å². The molecule has 3 nitrogen and oxygen atoms in total. The summed E-state index contributed by atoms with van der Waals surface area (Å²) < 4.78 is 0. The Morgan fingerprint density at radius 2 is 2.24 bits per heavy atom. The predicted octanol–water partition coefficient (Wildman–Crippen LogP) is 2.45. The lowest BCUT2D eigenvalue weighted by atomic mass is 10.1. The molecular weight excluding hydrogens is 236 g/mol. The lowest BCUT2D eigenvalue weighted by Gasteiger charge is -2.12. The van der Waals surface area contributed by atoms with Crippen LogP contribution in [0, 0.1) is 0 Å². The Balaban J connectivity index is 2.10. The molecule has 17 heavy (non-hydrogen) atoms. The van der Waals surface area contributed by atoms with Gasteiger partial charge in [0.25, 0.3) is 0 Å². The Hall–Kier alpha value is -1.48. The number of hydrogen-bond acceptors (Lipinski definition) is 1. The Morgan fingerprint density at radius 3 is 3.00 bits per heavy atom. The number of carbonyl (C=O) groups excluding carboxylic acids is 1. The van der Waals surface area contributed by atoms with Crippen LogP contribution in [0.15, 0.2) is 30.5 Å². The first-order chi connectivity index (χ1) is 8.20. The lowest BCUT2D eigenvalue weighted by Crippen LogP contribution is -2.34. The third kappa shape index (κ3) is 2.80. The molecule has 1 atom stereocenters. The number of carbonyl (C=O) groups is 1. The third-order valence-corrected chi connectivity index (χ3v) is 2.97. The number of hydrogen-bond donors (Lipinski definition) is 2. The van der Waals surface area contributed by atoms with E-state index in [1.807, 2.05) is 31.3 Å². The third-order valence-electron chi connectivity index (χ3n) is 2.73. The van der Waals surface area contributed by atoms with Gasteiger partial charge in [-0.05, 0) is 25.0 Å². The molecule has 1 heterocycles. The van der Waals surface area contributed by atoms with Gasteiger partial charge in [-0.1, -0.05) is 18.2 Å². The number of nitrogens with one attached hydrogen (secondary N) is 2. The summed E-state index contributed by atoms with van der Waals surface area (Å²) in [6.45, 7) is 1.98. The number of benzene rings is 1. The minimum Gasteiger partial charge on any atom is -0.361 e. The summed E-state index contributed by atoms with van der Waals surface area (Å²) in [5, 5.41) is 4.06. The summed E-state index contributed by atoms with van der Waals surface area (Å²) in [6, 6.07) is 8.22. The van der Waals surface area contributed by atoms with E-state index in [1.165, 1.54) is 10.9 Å². The maximum absolute atomic E-state index is 11.2. The van der Waals surface area contributed by atoms with Gasteiger partial charge in [0.15, 0.2) is 0 Å². The van der Waals surface area contributed by atoms with Gasteiger partial charge in [-0.2, -0.15) is 0 Å². The number of aromatic amines is 1. The SMILES string of the molecule is C[C@H](Cc1c[nH]c2ccccc12)NC(=O)CCl. The van der Waals surface area contributed by atoms with E-state index in [0.29, 0.717) is 0 Å². The lowest BCUT2D eigenvalue weighted by molar-refractivity contribution is -0.119. The number of aromatic nitrogens is 1. The Bertz CT molecular complexity index is 521. The summed E-state index contributed by atoms with van der Waals surface area (Å²) in [7, 11) is 0. The molecule has 90 valence electrons. The van der Waals surface area contributed by atoms with Crippen molar-refractivity contribution in [3.8, 4) is 0 Å². The van der Waals surface area contributed by atoms with E-state index < -0.39 is 0 Å². The van der Waals surface area contributed by atoms with Crippen molar-refractivity contribution in [1.29, 1.82) is 0 Å². The first-order valence-corrected chi connectivity index (χ1v) is 6.14. The highest BCUT2D eigenvalue weighted by molar-refractivity contribution is 6.27. The zero-order valence-electron chi connectivity index (χ0n) is 9.66. The van der Waals surface area contributed by atoms with Gasteiger partial charge < -0.3 is 10.3 Å². The summed E-state index contributed by atoms with van der Waals surface area (Å²) in [5.74, 6) is -0.114. The van der Waals surface area contributed by atoms with Crippen molar-refractivity contribution >= 4 is 28.4 Å². The van der Waals surface area contributed by atoms with E-state index in [4.69, 9.17) is 11.6 Å². The fraction of sp³-hybridized carbons (Fsp3) is 0.308. The molecule has 1 aromatic heterocycles. The number of para-hydroxylation sites is 1. The molecule has 1 amide bonds. The zero-order valence-corrected chi connectivity index (χ0v) is 10.4. The van der Waals surface area contributed by atoms with Gasteiger partial charge in [0.05, 0.1) is 0 Å². The summed E-state index contributed by atoms with van der Waals surface area (Å²) >= 11 is 5.45. The Labute approximate surface area is 105 Å². The van der Waals surface area contributed by atoms with Crippen LogP contribution in [0.3, 0.4) is 0 Å². The van der Waals surface area contributed by atoms with E-state index >= 15 is 0 Å². The van der Waals surface area contributed by atoms with Gasteiger partial charge in [0.1, 0.15) is 5.88 Å². The summed E-state index contributed by atoms with van der Waals surface area (Å²) in [6.07, 6.45) is 2.79. The predicted molar refractivity (Wildman–Crippen MR) is 70.3 cm³/mol. The fourth-order valence-electron chi connectivity index (χ4n) is 1.99. The van der Waals surface area contributed by atoms with Crippen LogP contribution in [0.25, 0.3) is 10.9 Å². The molecule has 0 fully saturated rings. The average molecular weight is 251 g/mol. The molecule has 2 rings (SSSR count). The van der Waals surface area contributed by atoms with Crippen LogP contribution in [0.2, 0.25) is 0 Å². The van der Waals surface area contributed by atoms with Crippen molar-refractivity contribution in [2.75, 3.05) is 5.88 Å². The maximum atomic E-state index is 11.2. The molecule has 0 unspecified atom stereocenters. The number of H-pyrrole nitrogens is 1. The van der Waals surface area contributed by atoms with E-state index in [-0.39, 0.29) is 17.8 Å². The number of alkyl halides is 1. The molecule has 0 aliphatic rings. The molecule has 4 heteroatoms. The smallest absolute Gasteiger partial charge is 0.235 e. The van der Waals surface area contributed by atoms with Crippen molar-refractivity contribution in [3.63, 3.8) is 0 Å². The number of rotatable bonds is 4. The molecule has 0 radical (unpaired) electrons. The Kier molecular flexibility index (Phi) is 3.69. The van der Waals surface area contributed by atoms with Crippen LogP contribution in [0.1, 0.15) is 12.5 Å². The highest BCUT2D eigenvalue weighted by Crippen LogP contribution is 2.18. The van der Waals surface area contributed by atoms with Gasteiger partial charge in [0, 0.05) is 23.1 Å². The van der Waals surface area contributed by atoms with Gasteiger partial charge in [-0.3, -0.25) is 4.79 Å². The highest BCUT2D eigenvalue weighted by atomic mass is 35.5. The second-order valence-electron chi connectivity index (χ2n) is 4.17. The number of fused-ring (bicyclic) bond motifs is 1. The van der Waals surface area contributed by atoms with Crippen molar-refractivity contribution in [3.05, 3.63) is 36.0 Å². The summed E-state index contributed by atoms with van der Waals surface area (Å²) in [4.78, 5) is 14.4. The van der Waals surface area contributed by atoms with Crippen LogP contribution < -0.4 is 5.32 Å². The molecule has 0 saturated heterocycles. The largest absolute Gasteiger partial charge is 0.361 e. The van der Waals surface area contributed by atoms with Crippen molar-refractivity contribution in [1.82, 2.24) is 10.3 Å². The van der Waals surface area contributed by atoms with E-state index in [0.717, 1.165) is 11.9 Å². The zero-order chi connectivity index (χ0) is 12.3. The standard InChI is InChI=1S/C13H15ClN2O/c1-9(16-13(17)7-14)6-10-8-15-12-5-3-2-4-11(10)12/h2-5,8-9,15H,6-7H2,1H3,(H,16,17)/t9-/m1/s1. The fourth-order valence-corrected chi connectivity index (χ4v) is 2.07. The average Bonchev–Trinajstić information content (AvgIpc) is 2.72. The van der Waals surface area contributed by atoms with Crippen LogP contribution in [0.4, 0.5) is 0 Å². The van der Waals surface area contributed by atoms with Crippen molar-refractivity contribution in [2.45, 2.75) is 19.4 Å². The van der Waals surface area contributed by atoms with Crippen LogP contribution in [-0.2, 0) is 11.2 Å². The monoisotopic (exact) mass is 250 g/mol. The Morgan fingerprint density at radius 1 is 1.47 bits per heavy atom. The van der Waals surface area contributed by atoms with Gasteiger partial charge in [0.2, 0.25) is 5.91 Å². The van der Waals surface area contributed by atoms with Crippen LogP contribution >= 0.6 is 11.6 Å². The maximum Gasteiger partial charge on any atom is 0.235 e. The van der Waals surface area contributed by atoms with Crippen molar-refractivity contribution in [2.24, 2.45) is 0 Å². The summed E-state index contributed by atoms with van der Waals surface area (Å²) in [5.41, 5.74) is 2.33. The minimum atomic E-state index is -0.126. The molecule has 0 bridgehead atoms. The van der Waals surface area contributed by atoms with E-state index in [1.54, 1.807) is 0 Å². The minimum absolute atomic E-state index is 0.0121. The highest BCUT2D eigenvalue weighted by Gasteiger charge is 2.10. The van der Waals surface area contributed by atoms with Crippen molar-refractivity contribution < 1.29 is 4.79 Å². The van der Waals surface area contributed by atoms with Gasteiger partial charge in [-0.15, -0.1) is 11.6 Å². The molecule has 2 N–H and O–H groups in total. The van der Waals surface area contributed by atoms with Crippen LogP contribution in [0.5, 0.6) is 0 Å². The quantitative estimate of drug-likeness (QED) is 0.805. The number of amides is 1. The molecule has 2 aromatic rings. The van der Waals surface area contributed by atoms with Gasteiger partial charge in [-0.25, -0.2) is 0 Å². The molecule has 0 aliphatic heterocycles. The number of halogens is 1. The van der Waals surface area contributed by atoms with E-state index in [2.05, 4.69) is 16.4 Å². The topological polar surface area (TPSA) is 44.9 Å². The molecule has 0 aliphatic carbocycles. The first-order valence-electron chi connectivity index (χ1n) is 5.61.